The van der Waals surface area contributed by atoms with Crippen LogP contribution >= 0.6 is 0 Å². The first-order chi connectivity index (χ1) is 11.6. The Morgan fingerprint density at radius 1 is 1.12 bits per heavy atom. The van der Waals surface area contributed by atoms with Gasteiger partial charge in [0, 0.05) is 12.4 Å². The molecule has 0 saturated carbocycles. The van der Waals surface area contributed by atoms with E-state index in [2.05, 4.69) is 11.2 Å². The second-order valence-corrected chi connectivity index (χ2v) is 5.95. The Balaban J connectivity index is 1.73. The number of hydrogen-bond donors (Lipinski definition) is 0. The van der Waals surface area contributed by atoms with Crippen molar-refractivity contribution in [2.75, 3.05) is 0 Å². The minimum absolute atomic E-state index is 0.178. The van der Waals surface area contributed by atoms with Crippen LogP contribution in [0.15, 0.2) is 53.3 Å². The third-order valence-electron chi connectivity index (χ3n) is 4.48. The lowest BCUT2D eigenvalue weighted by molar-refractivity contribution is 0.0294. The molecule has 1 aliphatic rings. The summed E-state index contributed by atoms with van der Waals surface area (Å²) in [6.07, 6.45) is 1.41. The third kappa shape index (κ3) is 2.29. The number of benzene rings is 2. The first-order valence-corrected chi connectivity index (χ1v) is 7.90. The van der Waals surface area contributed by atoms with Gasteiger partial charge in [-0.15, -0.1) is 0 Å². The minimum Gasteiger partial charge on any atom is -0.453 e. The Morgan fingerprint density at radius 3 is 2.67 bits per heavy atom. The molecule has 1 aliphatic carbocycles. The van der Waals surface area contributed by atoms with Crippen LogP contribution in [0, 0.1) is 0 Å². The number of hydrogen-bond acceptors (Lipinski definition) is 4. The molecule has 2 aromatic carbocycles. The summed E-state index contributed by atoms with van der Waals surface area (Å²) in [6.45, 7) is 0. The molecule has 0 spiro atoms. The average Bonchev–Trinajstić information content (AvgIpc) is 3.01. The Kier molecular flexibility index (Phi) is 3.41. The van der Waals surface area contributed by atoms with Gasteiger partial charge in [0.2, 0.25) is 0 Å². The number of aromatic nitrogens is 2. The van der Waals surface area contributed by atoms with Gasteiger partial charge in [-0.3, -0.25) is 4.79 Å². The highest BCUT2D eigenvalue weighted by atomic mass is 16.5. The van der Waals surface area contributed by atoms with Crippen molar-refractivity contribution in [2.24, 2.45) is 7.05 Å². The molecule has 0 N–H and O–H groups in total. The molecule has 0 aliphatic heterocycles. The second kappa shape index (κ2) is 5.60. The molecule has 0 radical (unpaired) electrons. The monoisotopic (exact) mass is 320 g/mol. The van der Waals surface area contributed by atoms with Crippen LogP contribution in [0.2, 0.25) is 0 Å². The van der Waals surface area contributed by atoms with Crippen molar-refractivity contribution < 1.29 is 9.53 Å². The Bertz CT molecular complexity index is 1010. The highest BCUT2D eigenvalue weighted by molar-refractivity contribution is 6.02. The SMILES string of the molecule is Cn1nc(C(=O)O[C@H]2CCc3ccccc32)c2ccccc2c1=O. The molecule has 24 heavy (non-hydrogen) atoms. The van der Waals surface area contributed by atoms with Crippen molar-refractivity contribution in [3.8, 4) is 0 Å². The van der Waals surface area contributed by atoms with Crippen molar-refractivity contribution in [1.82, 2.24) is 9.78 Å². The summed E-state index contributed by atoms with van der Waals surface area (Å²) in [5.74, 6) is -0.497. The highest BCUT2D eigenvalue weighted by Crippen LogP contribution is 2.34. The minimum atomic E-state index is -0.497. The topological polar surface area (TPSA) is 61.2 Å². The van der Waals surface area contributed by atoms with Gasteiger partial charge in [-0.2, -0.15) is 5.10 Å². The van der Waals surface area contributed by atoms with E-state index in [1.165, 1.54) is 17.3 Å². The van der Waals surface area contributed by atoms with Crippen molar-refractivity contribution in [3.05, 3.63) is 75.7 Å². The van der Waals surface area contributed by atoms with Crippen LogP contribution in [0.25, 0.3) is 10.8 Å². The van der Waals surface area contributed by atoms with Crippen LogP contribution in [-0.4, -0.2) is 15.7 Å². The predicted octanol–water partition coefficient (Wildman–Crippen LogP) is 2.78. The molecule has 3 aromatic rings. The van der Waals surface area contributed by atoms with Gasteiger partial charge < -0.3 is 4.74 Å². The number of rotatable bonds is 2. The van der Waals surface area contributed by atoms with E-state index in [0.717, 1.165) is 18.4 Å². The van der Waals surface area contributed by atoms with Crippen molar-refractivity contribution in [1.29, 1.82) is 0 Å². The zero-order valence-electron chi connectivity index (χ0n) is 13.2. The van der Waals surface area contributed by atoms with E-state index in [0.29, 0.717) is 10.8 Å². The zero-order chi connectivity index (χ0) is 16.7. The van der Waals surface area contributed by atoms with Crippen LogP contribution in [0.1, 0.15) is 34.1 Å². The zero-order valence-corrected chi connectivity index (χ0v) is 13.2. The molecule has 4 rings (SSSR count). The maximum absolute atomic E-state index is 12.7. The number of esters is 1. The summed E-state index contributed by atoms with van der Waals surface area (Å²) in [4.78, 5) is 24.8. The fourth-order valence-corrected chi connectivity index (χ4v) is 3.28. The van der Waals surface area contributed by atoms with Crippen molar-refractivity contribution in [2.45, 2.75) is 18.9 Å². The van der Waals surface area contributed by atoms with E-state index < -0.39 is 5.97 Å². The number of ether oxygens (including phenoxy) is 1. The highest BCUT2D eigenvalue weighted by Gasteiger charge is 2.27. The van der Waals surface area contributed by atoms with Gasteiger partial charge in [0.05, 0.1) is 5.39 Å². The lowest BCUT2D eigenvalue weighted by atomic mass is 10.1. The Morgan fingerprint density at radius 2 is 1.83 bits per heavy atom. The average molecular weight is 320 g/mol. The molecule has 0 saturated heterocycles. The Hall–Kier alpha value is -2.95. The van der Waals surface area contributed by atoms with E-state index in [9.17, 15) is 9.59 Å². The quantitative estimate of drug-likeness (QED) is 0.681. The second-order valence-electron chi connectivity index (χ2n) is 5.95. The van der Waals surface area contributed by atoms with E-state index in [1.807, 2.05) is 18.2 Å². The first kappa shape index (κ1) is 14.6. The lowest BCUT2D eigenvalue weighted by Gasteiger charge is -2.14. The van der Waals surface area contributed by atoms with Crippen LogP contribution < -0.4 is 5.56 Å². The van der Waals surface area contributed by atoms with Gasteiger partial charge in [0.1, 0.15) is 6.10 Å². The molecule has 5 nitrogen and oxygen atoms in total. The molecule has 1 aromatic heterocycles. The summed E-state index contributed by atoms with van der Waals surface area (Å²) in [5.41, 5.74) is 2.22. The van der Waals surface area contributed by atoms with E-state index in [1.54, 1.807) is 24.3 Å². The number of carbonyl (C=O) groups is 1. The fraction of sp³-hybridized carbons (Fsp3) is 0.211. The number of nitrogens with zero attached hydrogens (tertiary/aromatic N) is 2. The summed E-state index contributed by atoms with van der Waals surface area (Å²) in [6, 6.07) is 15.0. The van der Waals surface area contributed by atoms with Gasteiger partial charge in [0.15, 0.2) is 5.69 Å². The molecule has 1 heterocycles. The third-order valence-corrected chi connectivity index (χ3v) is 4.48. The molecule has 0 unspecified atom stereocenters. The van der Waals surface area contributed by atoms with Gasteiger partial charge in [-0.25, -0.2) is 9.48 Å². The number of carbonyl (C=O) groups excluding carboxylic acids is 1. The van der Waals surface area contributed by atoms with E-state index in [-0.39, 0.29) is 17.4 Å². The van der Waals surface area contributed by atoms with Crippen molar-refractivity contribution in [3.63, 3.8) is 0 Å². The molecule has 5 heteroatoms. The molecule has 0 bridgehead atoms. The molecular weight excluding hydrogens is 304 g/mol. The van der Waals surface area contributed by atoms with Crippen LogP contribution in [-0.2, 0) is 18.2 Å². The molecule has 0 amide bonds. The van der Waals surface area contributed by atoms with Crippen LogP contribution in [0.5, 0.6) is 0 Å². The maximum atomic E-state index is 12.7. The predicted molar refractivity (Wildman–Crippen MR) is 89.9 cm³/mol. The first-order valence-electron chi connectivity index (χ1n) is 7.90. The van der Waals surface area contributed by atoms with Gasteiger partial charge in [-0.05, 0) is 30.0 Å². The number of aryl methyl sites for hydroxylation is 2. The molecule has 1 atom stereocenters. The van der Waals surface area contributed by atoms with Gasteiger partial charge in [0.25, 0.3) is 5.56 Å². The largest absolute Gasteiger partial charge is 0.453 e. The summed E-state index contributed by atoms with van der Waals surface area (Å²) < 4.78 is 6.89. The van der Waals surface area contributed by atoms with E-state index >= 15 is 0 Å². The standard InChI is InChI=1S/C19H16N2O3/c1-21-18(22)15-9-5-4-8-14(15)17(20-21)19(23)24-16-11-10-12-6-2-3-7-13(12)16/h2-9,16H,10-11H2,1H3/t16-/m0/s1. The number of fused-ring (bicyclic) bond motifs is 2. The van der Waals surface area contributed by atoms with Crippen LogP contribution in [0.3, 0.4) is 0 Å². The smallest absolute Gasteiger partial charge is 0.360 e. The lowest BCUT2D eigenvalue weighted by Crippen LogP contribution is -2.24. The van der Waals surface area contributed by atoms with Crippen LogP contribution in [0.4, 0.5) is 0 Å². The molecule has 120 valence electrons. The van der Waals surface area contributed by atoms with Crippen molar-refractivity contribution >= 4 is 16.7 Å². The normalized spacial score (nSPS) is 16.1. The summed E-state index contributed by atoms with van der Waals surface area (Å²) in [7, 11) is 1.54. The van der Waals surface area contributed by atoms with Gasteiger partial charge >= 0.3 is 5.97 Å². The molecule has 0 fully saturated rings. The molecular formula is C19H16N2O3. The van der Waals surface area contributed by atoms with E-state index in [4.69, 9.17) is 4.74 Å². The maximum Gasteiger partial charge on any atom is 0.360 e. The summed E-state index contributed by atoms with van der Waals surface area (Å²) >= 11 is 0. The Labute approximate surface area is 138 Å². The fourth-order valence-electron chi connectivity index (χ4n) is 3.28. The van der Waals surface area contributed by atoms with Gasteiger partial charge in [-0.1, -0.05) is 42.5 Å². The summed E-state index contributed by atoms with van der Waals surface area (Å²) in [5, 5.41) is 5.12.